The highest BCUT2D eigenvalue weighted by Gasteiger charge is 2.16. The molecule has 0 unspecified atom stereocenters. The Labute approximate surface area is 171 Å². The van der Waals surface area contributed by atoms with Crippen LogP contribution < -0.4 is 10.6 Å². The molecular formula is C20H20FN7O2. The Balaban J connectivity index is 1.79. The zero-order chi connectivity index (χ0) is 20.9. The third-order valence-corrected chi connectivity index (χ3v) is 4.54. The van der Waals surface area contributed by atoms with Crippen molar-refractivity contribution < 1.29 is 14.6 Å². The van der Waals surface area contributed by atoms with Crippen molar-refractivity contribution in [1.29, 1.82) is 0 Å². The van der Waals surface area contributed by atoms with Crippen LogP contribution in [-0.4, -0.2) is 54.0 Å². The van der Waals surface area contributed by atoms with Crippen LogP contribution in [0.25, 0.3) is 17.0 Å². The second kappa shape index (κ2) is 8.91. The van der Waals surface area contributed by atoms with Crippen molar-refractivity contribution in [3.63, 3.8) is 0 Å². The number of hydrogen-bond donors (Lipinski definition) is 4. The Morgan fingerprint density at radius 3 is 2.70 bits per heavy atom. The SMILES string of the molecule is OCC(CO)NCc1ccn2nc(-c3ccccn3)nc(Nc3ccncc3F)c12. The number of halogens is 1. The summed E-state index contributed by atoms with van der Waals surface area (Å²) in [5.41, 5.74) is 2.24. The highest BCUT2D eigenvalue weighted by atomic mass is 19.1. The van der Waals surface area contributed by atoms with Crippen molar-refractivity contribution in [1.82, 2.24) is 29.9 Å². The topological polar surface area (TPSA) is 120 Å². The lowest BCUT2D eigenvalue weighted by Crippen LogP contribution is -2.35. The fourth-order valence-corrected chi connectivity index (χ4v) is 2.97. The van der Waals surface area contributed by atoms with Gasteiger partial charge < -0.3 is 20.8 Å². The van der Waals surface area contributed by atoms with Crippen LogP contribution in [0, 0.1) is 5.82 Å². The minimum absolute atomic E-state index is 0.198. The van der Waals surface area contributed by atoms with Gasteiger partial charge in [-0.15, -0.1) is 5.10 Å². The molecule has 0 aromatic carbocycles. The zero-order valence-corrected chi connectivity index (χ0v) is 15.9. The molecule has 4 rings (SSSR count). The van der Waals surface area contributed by atoms with E-state index in [0.717, 1.165) is 11.8 Å². The maximum Gasteiger partial charge on any atom is 0.200 e. The summed E-state index contributed by atoms with van der Waals surface area (Å²) in [5.74, 6) is 0.251. The lowest BCUT2D eigenvalue weighted by molar-refractivity contribution is 0.170. The Hall–Kier alpha value is -3.47. The number of aromatic nitrogens is 5. The summed E-state index contributed by atoms with van der Waals surface area (Å²) in [4.78, 5) is 12.6. The average Bonchev–Trinajstić information content (AvgIpc) is 3.20. The van der Waals surface area contributed by atoms with Gasteiger partial charge in [0.25, 0.3) is 0 Å². The normalized spacial score (nSPS) is 11.3. The molecule has 0 aliphatic carbocycles. The van der Waals surface area contributed by atoms with E-state index in [4.69, 9.17) is 0 Å². The largest absolute Gasteiger partial charge is 0.395 e. The van der Waals surface area contributed by atoms with Crippen LogP contribution in [0.1, 0.15) is 5.56 Å². The molecule has 0 amide bonds. The lowest BCUT2D eigenvalue weighted by Gasteiger charge is -2.14. The molecule has 0 saturated carbocycles. The number of fused-ring (bicyclic) bond motifs is 1. The van der Waals surface area contributed by atoms with Crippen molar-refractivity contribution in [3.05, 3.63) is 66.5 Å². The van der Waals surface area contributed by atoms with Gasteiger partial charge in [-0.05, 0) is 29.8 Å². The van der Waals surface area contributed by atoms with Crippen LogP contribution in [0.15, 0.2) is 55.1 Å². The van der Waals surface area contributed by atoms with Crippen LogP contribution in [0.5, 0.6) is 0 Å². The third-order valence-electron chi connectivity index (χ3n) is 4.54. The van der Waals surface area contributed by atoms with Gasteiger partial charge in [0.2, 0.25) is 5.82 Å². The summed E-state index contributed by atoms with van der Waals surface area (Å²) >= 11 is 0. The van der Waals surface area contributed by atoms with Gasteiger partial charge in [0, 0.05) is 25.1 Å². The third kappa shape index (κ3) is 4.10. The lowest BCUT2D eigenvalue weighted by atomic mass is 10.2. The van der Waals surface area contributed by atoms with Crippen molar-refractivity contribution in [2.45, 2.75) is 12.6 Å². The summed E-state index contributed by atoms with van der Waals surface area (Å²) < 4.78 is 15.9. The van der Waals surface area contributed by atoms with Crippen LogP contribution in [0.4, 0.5) is 15.9 Å². The molecule has 4 aromatic heterocycles. The molecule has 4 heterocycles. The minimum Gasteiger partial charge on any atom is -0.395 e. The summed E-state index contributed by atoms with van der Waals surface area (Å²) in [7, 11) is 0. The summed E-state index contributed by atoms with van der Waals surface area (Å²) in [6, 6.07) is 8.33. The molecule has 0 aliphatic rings. The molecule has 154 valence electrons. The Bertz CT molecular complexity index is 1130. The monoisotopic (exact) mass is 409 g/mol. The first-order chi connectivity index (χ1) is 14.7. The fourth-order valence-electron chi connectivity index (χ4n) is 2.97. The zero-order valence-electron chi connectivity index (χ0n) is 15.9. The molecule has 10 heteroatoms. The van der Waals surface area contributed by atoms with E-state index in [1.54, 1.807) is 29.0 Å². The van der Waals surface area contributed by atoms with Gasteiger partial charge in [-0.3, -0.25) is 9.97 Å². The molecule has 4 N–H and O–H groups in total. The molecule has 0 fully saturated rings. The van der Waals surface area contributed by atoms with E-state index >= 15 is 0 Å². The van der Waals surface area contributed by atoms with E-state index < -0.39 is 11.9 Å². The van der Waals surface area contributed by atoms with E-state index in [-0.39, 0.29) is 18.9 Å². The van der Waals surface area contributed by atoms with E-state index in [2.05, 4.69) is 30.7 Å². The summed E-state index contributed by atoms with van der Waals surface area (Å²) in [6.45, 7) is -0.0476. The highest BCUT2D eigenvalue weighted by Crippen LogP contribution is 2.27. The number of rotatable bonds is 8. The maximum atomic E-state index is 14.2. The molecule has 9 nitrogen and oxygen atoms in total. The predicted molar refractivity (Wildman–Crippen MR) is 108 cm³/mol. The Morgan fingerprint density at radius 2 is 1.97 bits per heavy atom. The quantitative estimate of drug-likeness (QED) is 0.346. The first kappa shape index (κ1) is 19.8. The molecule has 0 bridgehead atoms. The smallest absolute Gasteiger partial charge is 0.200 e. The van der Waals surface area contributed by atoms with E-state index in [1.807, 2.05) is 12.1 Å². The molecule has 0 aliphatic heterocycles. The Morgan fingerprint density at radius 1 is 1.10 bits per heavy atom. The summed E-state index contributed by atoms with van der Waals surface area (Å²) in [5, 5.41) is 29.2. The van der Waals surface area contributed by atoms with Crippen LogP contribution >= 0.6 is 0 Å². The van der Waals surface area contributed by atoms with Crippen molar-refractivity contribution in [3.8, 4) is 11.5 Å². The van der Waals surface area contributed by atoms with Gasteiger partial charge in [0.15, 0.2) is 11.6 Å². The first-order valence-electron chi connectivity index (χ1n) is 9.31. The van der Waals surface area contributed by atoms with Gasteiger partial charge in [-0.1, -0.05) is 6.07 Å². The molecule has 0 radical (unpaired) electrons. The van der Waals surface area contributed by atoms with Gasteiger partial charge in [-0.25, -0.2) is 13.9 Å². The first-order valence-corrected chi connectivity index (χ1v) is 9.31. The van der Waals surface area contributed by atoms with Crippen LogP contribution in [-0.2, 0) is 6.54 Å². The van der Waals surface area contributed by atoms with Crippen LogP contribution in [0.3, 0.4) is 0 Å². The van der Waals surface area contributed by atoms with E-state index in [1.165, 1.54) is 12.3 Å². The molecule has 30 heavy (non-hydrogen) atoms. The second-order valence-electron chi connectivity index (χ2n) is 6.56. The average molecular weight is 409 g/mol. The standard InChI is InChI=1S/C20H20FN7O2/c21-15-10-22-7-4-16(15)25-20-18-13(9-24-14(11-29)12-30)5-8-28(18)27-19(26-20)17-3-1-2-6-23-17/h1-8,10,14,24,29-30H,9,11-12H2,(H,22,25,26,27). The van der Waals surface area contributed by atoms with Crippen molar-refractivity contribution >= 4 is 17.0 Å². The number of aliphatic hydroxyl groups is 2. The highest BCUT2D eigenvalue weighted by molar-refractivity contribution is 5.78. The van der Waals surface area contributed by atoms with E-state index in [9.17, 15) is 14.6 Å². The fraction of sp³-hybridized carbons (Fsp3) is 0.200. The number of nitrogens with zero attached hydrogens (tertiary/aromatic N) is 5. The Kier molecular flexibility index (Phi) is 5.89. The van der Waals surface area contributed by atoms with Crippen molar-refractivity contribution in [2.24, 2.45) is 0 Å². The summed E-state index contributed by atoms with van der Waals surface area (Å²) in [6.07, 6.45) is 6.01. The predicted octanol–water partition coefficient (Wildman–Crippen LogP) is 1.51. The van der Waals surface area contributed by atoms with Gasteiger partial charge in [0.1, 0.15) is 11.2 Å². The van der Waals surface area contributed by atoms with Crippen molar-refractivity contribution in [2.75, 3.05) is 18.5 Å². The van der Waals surface area contributed by atoms with E-state index in [0.29, 0.717) is 29.4 Å². The number of aliphatic hydroxyl groups excluding tert-OH is 2. The second-order valence-corrected chi connectivity index (χ2v) is 6.56. The number of pyridine rings is 2. The molecule has 0 atom stereocenters. The number of hydrogen-bond acceptors (Lipinski definition) is 8. The molecule has 0 saturated heterocycles. The number of anilines is 2. The number of nitrogens with one attached hydrogen (secondary N) is 2. The van der Waals surface area contributed by atoms with Crippen LogP contribution in [0.2, 0.25) is 0 Å². The molecule has 4 aromatic rings. The minimum atomic E-state index is -0.513. The van der Waals surface area contributed by atoms with Gasteiger partial charge in [-0.2, -0.15) is 0 Å². The molecular weight excluding hydrogens is 389 g/mol. The van der Waals surface area contributed by atoms with Gasteiger partial charge in [0.05, 0.1) is 31.1 Å². The maximum absolute atomic E-state index is 14.2. The van der Waals surface area contributed by atoms with Gasteiger partial charge >= 0.3 is 0 Å². The molecule has 0 spiro atoms.